The normalized spacial score (nSPS) is 11.1. The molecule has 6 heteroatoms. The number of hydrogen-bond donors (Lipinski definition) is 2. The van der Waals surface area contributed by atoms with Crippen molar-refractivity contribution in [1.82, 2.24) is 0 Å². The predicted octanol–water partition coefficient (Wildman–Crippen LogP) is 4.66. The van der Waals surface area contributed by atoms with Crippen LogP contribution in [-0.4, -0.2) is 14.3 Å². The minimum atomic E-state index is -3.81. The smallest absolute Gasteiger partial charge is 0.261 e. The first kappa shape index (κ1) is 19.6. The molecule has 3 aromatic carbocycles. The Kier molecular flexibility index (Phi) is 5.51. The van der Waals surface area contributed by atoms with E-state index in [0.717, 1.165) is 16.7 Å². The zero-order valence-electron chi connectivity index (χ0n) is 16.0. The van der Waals surface area contributed by atoms with Gasteiger partial charge in [-0.3, -0.25) is 9.52 Å². The fraction of sp³-hybridized carbons (Fsp3) is 0.136. The van der Waals surface area contributed by atoms with Crippen LogP contribution < -0.4 is 10.0 Å². The van der Waals surface area contributed by atoms with Crippen molar-refractivity contribution in [2.45, 2.75) is 25.7 Å². The molecule has 3 aromatic rings. The summed E-state index contributed by atoms with van der Waals surface area (Å²) in [5.74, 6) is -0.360. The summed E-state index contributed by atoms with van der Waals surface area (Å²) < 4.78 is 28.1. The molecule has 144 valence electrons. The highest BCUT2D eigenvalue weighted by atomic mass is 32.2. The molecular formula is C22H22N2O3S. The van der Waals surface area contributed by atoms with Gasteiger partial charge in [0.05, 0.1) is 10.6 Å². The monoisotopic (exact) mass is 394 g/mol. The molecule has 0 heterocycles. The molecule has 0 radical (unpaired) electrons. The van der Waals surface area contributed by atoms with Gasteiger partial charge in [0.15, 0.2) is 0 Å². The summed E-state index contributed by atoms with van der Waals surface area (Å²) in [7, 11) is -3.81. The Morgan fingerprint density at radius 3 is 2.18 bits per heavy atom. The van der Waals surface area contributed by atoms with Crippen LogP contribution >= 0.6 is 0 Å². The fourth-order valence-corrected chi connectivity index (χ4v) is 3.95. The van der Waals surface area contributed by atoms with Crippen LogP contribution in [0.5, 0.6) is 0 Å². The summed E-state index contributed by atoms with van der Waals surface area (Å²) in [6.07, 6.45) is 0. The van der Waals surface area contributed by atoms with Crippen LogP contribution in [0.3, 0.4) is 0 Å². The highest BCUT2D eigenvalue weighted by molar-refractivity contribution is 7.92. The molecule has 0 atom stereocenters. The Balaban J connectivity index is 1.86. The molecule has 5 nitrogen and oxygen atoms in total. The van der Waals surface area contributed by atoms with Crippen LogP contribution in [-0.2, 0) is 10.0 Å². The Hall–Kier alpha value is -3.12. The number of aryl methyl sites for hydroxylation is 2. The molecule has 0 spiro atoms. The minimum absolute atomic E-state index is 0.0318. The van der Waals surface area contributed by atoms with E-state index in [4.69, 9.17) is 0 Å². The highest BCUT2D eigenvalue weighted by Gasteiger charge is 2.17. The van der Waals surface area contributed by atoms with Gasteiger partial charge in [-0.2, -0.15) is 0 Å². The second-order valence-corrected chi connectivity index (χ2v) is 8.33. The van der Waals surface area contributed by atoms with Crippen LogP contribution in [0.1, 0.15) is 27.0 Å². The summed E-state index contributed by atoms with van der Waals surface area (Å²) in [6.45, 7) is 5.72. The first-order valence-electron chi connectivity index (χ1n) is 8.84. The maximum atomic E-state index is 12.7. The molecule has 0 saturated heterocycles. The van der Waals surface area contributed by atoms with Crippen molar-refractivity contribution in [3.05, 3.63) is 89.0 Å². The highest BCUT2D eigenvalue weighted by Crippen LogP contribution is 2.22. The average Bonchev–Trinajstić information content (AvgIpc) is 2.67. The second kappa shape index (κ2) is 7.86. The maximum Gasteiger partial charge on any atom is 0.261 e. The number of nitrogens with one attached hydrogen (secondary N) is 2. The van der Waals surface area contributed by atoms with E-state index in [1.54, 1.807) is 24.3 Å². The summed E-state index contributed by atoms with van der Waals surface area (Å²) in [6, 6.07) is 18.8. The van der Waals surface area contributed by atoms with Crippen molar-refractivity contribution in [1.29, 1.82) is 0 Å². The van der Waals surface area contributed by atoms with Gasteiger partial charge in [-0.25, -0.2) is 8.42 Å². The largest absolute Gasteiger partial charge is 0.322 e. The molecule has 0 saturated carbocycles. The van der Waals surface area contributed by atoms with Gasteiger partial charge < -0.3 is 5.32 Å². The number of hydrogen-bond acceptors (Lipinski definition) is 3. The molecule has 0 bridgehead atoms. The standard InChI is InChI=1S/C22H22N2O3S/c1-15-9-6-13-21(17(15)3)23-22(25)18-10-7-11-19(14-18)28(26,27)24-20-12-5-4-8-16(20)2/h4-14,24H,1-3H3,(H,23,25). The number of rotatable bonds is 5. The molecule has 0 aromatic heterocycles. The van der Waals surface area contributed by atoms with E-state index in [2.05, 4.69) is 10.0 Å². The number of carbonyl (C=O) groups excluding carboxylic acids is 1. The average molecular weight is 394 g/mol. The molecule has 28 heavy (non-hydrogen) atoms. The van der Waals surface area contributed by atoms with E-state index in [0.29, 0.717) is 11.4 Å². The number of sulfonamides is 1. The second-order valence-electron chi connectivity index (χ2n) is 6.65. The molecule has 0 fully saturated rings. The number of amides is 1. The van der Waals surface area contributed by atoms with E-state index >= 15 is 0 Å². The lowest BCUT2D eigenvalue weighted by atomic mass is 10.1. The van der Waals surface area contributed by atoms with E-state index < -0.39 is 10.0 Å². The summed E-state index contributed by atoms with van der Waals surface area (Å²) >= 11 is 0. The third-order valence-corrected chi connectivity index (χ3v) is 6.01. The predicted molar refractivity (Wildman–Crippen MR) is 112 cm³/mol. The van der Waals surface area contributed by atoms with Gasteiger partial charge in [-0.1, -0.05) is 36.4 Å². The van der Waals surface area contributed by atoms with Gasteiger partial charge in [0.25, 0.3) is 15.9 Å². The molecule has 1 amide bonds. The van der Waals surface area contributed by atoms with E-state index in [9.17, 15) is 13.2 Å². The zero-order chi connectivity index (χ0) is 20.3. The van der Waals surface area contributed by atoms with Crippen molar-refractivity contribution in [2.24, 2.45) is 0 Å². The van der Waals surface area contributed by atoms with Crippen LogP contribution in [0, 0.1) is 20.8 Å². The molecule has 0 aliphatic carbocycles. The van der Waals surface area contributed by atoms with Crippen molar-refractivity contribution in [3.8, 4) is 0 Å². The van der Waals surface area contributed by atoms with Crippen molar-refractivity contribution in [2.75, 3.05) is 10.0 Å². The number of carbonyl (C=O) groups is 1. The topological polar surface area (TPSA) is 75.3 Å². The molecule has 0 aliphatic rings. The van der Waals surface area contributed by atoms with Crippen molar-refractivity contribution < 1.29 is 13.2 Å². The van der Waals surface area contributed by atoms with E-state index in [1.807, 2.05) is 51.1 Å². The molecule has 0 aliphatic heterocycles. The molecule has 0 unspecified atom stereocenters. The lowest BCUT2D eigenvalue weighted by molar-refractivity contribution is 0.102. The molecule has 2 N–H and O–H groups in total. The van der Waals surface area contributed by atoms with E-state index in [1.165, 1.54) is 12.1 Å². The number of benzene rings is 3. The Bertz CT molecular complexity index is 1140. The Morgan fingerprint density at radius 1 is 0.786 bits per heavy atom. The van der Waals surface area contributed by atoms with Crippen LogP contribution in [0.25, 0.3) is 0 Å². The first-order chi connectivity index (χ1) is 13.3. The third-order valence-electron chi connectivity index (χ3n) is 4.65. The van der Waals surface area contributed by atoms with Gasteiger partial charge in [0.1, 0.15) is 0 Å². The summed E-state index contributed by atoms with van der Waals surface area (Å²) in [5.41, 5.74) is 4.34. The Labute approximate surface area is 165 Å². The van der Waals surface area contributed by atoms with Gasteiger partial charge in [-0.05, 0) is 67.8 Å². The quantitative estimate of drug-likeness (QED) is 0.661. The zero-order valence-corrected chi connectivity index (χ0v) is 16.8. The van der Waals surface area contributed by atoms with Crippen LogP contribution in [0.4, 0.5) is 11.4 Å². The maximum absolute atomic E-state index is 12.7. The summed E-state index contributed by atoms with van der Waals surface area (Å²) in [5, 5.41) is 2.85. The Morgan fingerprint density at radius 2 is 1.43 bits per heavy atom. The van der Waals surface area contributed by atoms with Crippen molar-refractivity contribution in [3.63, 3.8) is 0 Å². The summed E-state index contributed by atoms with van der Waals surface area (Å²) in [4.78, 5) is 12.7. The minimum Gasteiger partial charge on any atom is -0.322 e. The van der Waals surface area contributed by atoms with Gasteiger partial charge >= 0.3 is 0 Å². The number of anilines is 2. The van der Waals surface area contributed by atoms with Gasteiger partial charge in [0.2, 0.25) is 0 Å². The molecular weight excluding hydrogens is 372 g/mol. The molecule has 3 rings (SSSR count). The first-order valence-corrected chi connectivity index (χ1v) is 10.3. The lowest BCUT2D eigenvalue weighted by Crippen LogP contribution is -2.16. The van der Waals surface area contributed by atoms with Crippen molar-refractivity contribution >= 4 is 27.3 Å². The van der Waals surface area contributed by atoms with Crippen LogP contribution in [0.15, 0.2) is 71.6 Å². The number of para-hydroxylation sites is 1. The lowest BCUT2D eigenvalue weighted by Gasteiger charge is -2.12. The SMILES string of the molecule is Cc1ccccc1NS(=O)(=O)c1cccc(C(=O)Nc2cccc(C)c2C)c1. The van der Waals surface area contributed by atoms with Crippen LogP contribution in [0.2, 0.25) is 0 Å². The third kappa shape index (κ3) is 4.23. The fourth-order valence-electron chi connectivity index (χ4n) is 2.78. The van der Waals surface area contributed by atoms with Gasteiger partial charge in [0, 0.05) is 11.3 Å². The van der Waals surface area contributed by atoms with E-state index in [-0.39, 0.29) is 16.4 Å². The van der Waals surface area contributed by atoms with Gasteiger partial charge in [-0.15, -0.1) is 0 Å².